The maximum Gasteiger partial charge on any atom is 0.328 e. The minimum Gasteiger partial charge on any atom is -0.295 e. The molecule has 0 radical (unpaired) electrons. The van der Waals surface area contributed by atoms with Crippen molar-refractivity contribution in [2.24, 2.45) is 14.1 Å². The van der Waals surface area contributed by atoms with Gasteiger partial charge < -0.3 is 0 Å². The lowest BCUT2D eigenvalue weighted by molar-refractivity contribution is 0.567. The monoisotopic (exact) mass is 345 g/mol. The highest BCUT2D eigenvalue weighted by molar-refractivity contribution is 7.89. The van der Waals surface area contributed by atoms with Gasteiger partial charge in [-0.1, -0.05) is 30.3 Å². The second-order valence-electron chi connectivity index (χ2n) is 5.80. The van der Waals surface area contributed by atoms with Gasteiger partial charge in [0.05, 0.1) is 15.9 Å². The molecule has 0 aliphatic heterocycles. The summed E-state index contributed by atoms with van der Waals surface area (Å²) in [5, 5.41) is 0. The van der Waals surface area contributed by atoms with E-state index in [0.717, 1.165) is 5.56 Å². The van der Waals surface area contributed by atoms with Crippen LogP contribution < -0.4 is 10.4 Å². The van der Waals surface area contributed by atoms with Gasteiger partial charge in [-0.05, 0) is 30.7 Å². The molecule has 0 aliphatic carbocycles. The Kier molecular flexibility index (Phi) is 4.06. The number of rotatable bonds is 4. The van der Waals surface area contributed by atoms with E-state index in [1.165, 1.54) is 21.3 Å². The molecule has 1 heterocycles. The largest absolute Gasteiger partial charge is 0.328 e. The van der Waals surface area contributed by atoms with E-state index in [1.807, 2.05) is 30.3 Å². The summed E-state index contributed by atoms with van der Waals surface area (Å²) in [4.78, 5) is 12.1. The number of benzene rings is 2. The minimum absolute atomic E-state index is 0.138. The molecule has 0 amide bonds. The summed E-state index contributed by atoms with van der Waals surface area (Å²) < 4.78 is 30.9. The maximum absolute atomic E-state index is 12.7. The molecule has 0 bridgehead atoms. The smallest absolute Gasteiger partial charge is 0.295 e. The van der Waals surface area contributed by atoms with E-state index in [1.54, 1.807) is 27.1 Å². The Morgan fingerprint density at radius 3 is 2.25 bits per heavy atom. The molecule has 0 aliphatic rings. The molecule has 0 spiro atoms. The highest BCUT2D eigenvalue weighted by Crippen LogP contribution is 2.20. The van der Waals surface area contributed by atoms with Gasteiger partial charge in [-0.15, -0.1) is 0 Å². The summed E-state index contributed by atoms with van der Waals surface area (Å²) in [6, 6.07) is 13.7. The number of hydrogen-bond acceptors (Lipinski definition) is 3. The zero-order valence-corrected chi connectivity index (χ0v) is 14.5. The van der Waals surface area contributed by atoms with Crippen LogP contribution in [0.3, 0.4) is 0 Å². The molecule has 0 saturated heterocycles. The molecule has 1 aromatic heterocycles. The number of hydrogen-bond donors (Lipinski definition) is 1. The number of nitrogens with zero attached hydrogens (tertiary/aromatic N) is 2. The van der Waals surface area contributed by atoms with Crippen LogP contribution in [-0.4, -0.2) is 17.6 Å². The van der Waals surface area contributed by atoms with Crippen LogP contribution in [0.5, 0.6) is 0 Å². The predicted molar refractivity (Wildman–Crippen MR) is 93.3 cm³/mol. The lowest BCUT2D eigenvalue weighted by Crippen LogP contribution is -2.26. The first-order valence-electron chi connectivity index (χ1n) is 7.54. The Morgan fingerprint density at radius 2 is 1.58 bits per heavy atom. The van der Waals surface area contributed by atoms with Gasteiger partial charge in [0.1, 0.15) is 0 Å². The van der Waals surface area contributed by atoms with Crippen LogP contribution in [0.25, 0.3) is 11.0 Å². The third kappa shape index (κ3) is 2.76. The molecule has 1 atom stereocenters. The normalized spacial score (nSPS) is 13.3. The zero-order chi connectivity index (χ0) is 17.5. The summed E-state index contributed by atoms with van der Waals surface area (Å²) in [7, 11) is -0.407. The van der Waals surface area contributed by atoms with Crippen LogP contribution >= 0.6 is 0 Å². The third-order valence-corrected chi connectivity index (χ3v) is 5.72. The summed E-state index contributed by atoms with van der Waals surface area (Å²) in [5.74, 6) is 0. The molecule has 0 fully saturated rings. The standard InChI is InChI=1S/C17H19N3O3S/c1-12(13-7-5-4-6-8-13)18-24(22,23)14-9-10-15-16(11-14)20(3)17(21)19(15)2/h4-12,18H,1-3H3/t12-/m0/s1. The first kappa shape index (κ1) is 16.5. The van der Waals surface area contributed by atoms with Gasteiger partial charge in [0.15, 0.2) is 0 Å². The van der Waals surface area contributed by atoms with Gasteiger partial charge in [-0.3, -0.25) is 9.13 Å². The van der Waals surface area contributed by atoms with Crippen molar-refractivity contribution in [3.63, 3.8) is 0 Å². The Bertz CT molecular complexity index is 1050. The molecule has 1 N–H and O–H groups in total. The molecule has 3 rings (SSSR count). The topological polar surface area (TPSA) is 73.1 Å². The number of imidazole rings is 1. The number of aryl methyl sites for hydroxylation is 2. The van der Waals surface area contributed by atoms with E-state index in [2.05, 4.69) is 4.72 Å². The lowest BCUT2D eigenvalue weighted by Gasteiger charge is -2.14. The van der Waals surface area contributed by atoms with Crippen LogP contribution in [-0.2, 0) is 24.1 Å². The van der Waals surface area contributed by atoms with Gasteiger partial charge >= 0.3 is 5.69 Å². The quantitative estimate of drug-likeness (QED) is 0.785. The fourth-order valence-corrected chi connectivity index (χ4v) is 4.02. The zero-order valence-electron chi connectivity index (χ0n) is 13.7. The van der Waals surface area contributed by atoms with Gasteiger partial charge in [0.2, 0.25) is 10.0 Å². The number of fused-ring (bicyclic) bond motifs is 1. The molecule has 2 aromatic carbocycles. The van der Waals surface area contributed by atoms with Crippen LogP contribution in [0.15, 0.2) is 58.2 Å². The van der Waals surface area contributed by atoms with Gasteiger partial charge in [0.25, 0.3) is 0 Å². The van der Waals surface area contributed by atoms with Crippen LogP contribution in [0, 0.1) is 0 Å². The Balaban J connectivity index is 1.99. The second-order valence-corrected chi connectivity index (χ2v) is 7.52. The number of aromatic nitrogens is 2. The van der Waals surface area contributed by atoms with Crippen LogP contribution in [0.2, 0.25) is 0 Å². The number of sulfonamides is 1. The molecule has 126 valence electrons. The van der Waals surface area contributed by atoms with Crippen molar-refractivity contribution >= 4 is 21.1 Å². The van der Waals surface area contributed by atoms with Crippen molar-refractivity contribution < 1.29 is 8.42 Å². The highest BCUT2D eigenvalue weighted by atomic mass is 32.2. The number of nitrogens with one attached hydrogen (secondary N) is 1. The Morgan fingerprint density at radius 1 is 0.958 bits per heavy atom. The molecule has 6 nitrogen and oxygen atoms in total. The van der Waals surface area contributed by atoms with Gasteiger partial charge in [-0.2, -0.15) is 0 Å². The predicted octanol–water partition coefficient (Wildman–Crippen LogP) is 1.92. The molecule has 24 heavy (non-hydrogen) atoms. The van der Waals surface area contributed by atoms with E-state index in [9.17, 15) is 13.2 Å². The van der Waals surface area contributed by atoms with Crippen molar-refractivity contribution in [1.82, 2.24) is 13.9 Å². The van der Waals surface area contributed by atoms with Crippen molar-refractivity contribution in [3.05, 3.63) is 64.6 Å². The molecular formula is C17H19N3O3S. The van der Waals surface area contributed by atoms with Crippen molar-refractivity contribution in [1.29, 1.82) is 0 Å². The van der Waals surface area contributed by atoms with Crippen molar-refractivity contribution in [3.8, 4) is 0 Å². The molecule has 7 heteroatoms. The fraction of sp³-hybridized carbons (Fsp3) is 0.235. The first-order valence-corrected chi connectivity index (χ1v) is 9.02. The maximum atomic E-state index is 12.7. The van der Waals surface area contributed by atoms with Gasteiger partial charge in [-0.25, -0.2) is 17.9 Å². The minimum atomic E-state index is -3.69. The molecular weight excluding hydrogens is 326 g/mol. The second kappa shape index (κ2) is 5.92. The van der Waals surface area contributed by atoms with E-state index in [4.69, 9.17) is 0 Å². The third-order valence-electron chi connectivity index (χ3n) is 4.19. The summed E-state index contributed by atoms with van der Waals surface area (Å²) in [6.07, 6.45) is 0. The average molecular weight is 345 g/mol. The lowest BCUT2D eigenvalue weighted by atomic mass is 10.1. The Hall–Kier alpha value is -2.38. The summed E-state index contributed by atoms with van der Waals surface area (Å²) in [6.45, 7) is 1.80. The van der Waals surface area contributed by atoms with Crippen molar-refractivity contribution in [2.75, 3.05) is 0 Å². The van der Waals surface area contributed by atoms with Crippen LogP contribution in [0.1, 0.15) is 18.5 Å². The summed E-state index contributed by atoms with van der Waals surface area (Å²) in [5.41, 5.74) is 1.97. The highest BCUT2D eigenvalue weighted by Gasteiger charge is 2.20. The van der Waals surface area contributed by atoms with Crippen LogP contribution in [0.4, 0.5) is 0 Å². The molecule has 0 unspecified atom stereocenters. The van der Waals surface area contributed by atoms with E-state index in [-0.39, 0.29) is 16.6 Å². The van der Waals surface area contributed by atoms with E-state index >= 15 is 0 Å². The first-order chi connectivity index (χ1) is 11.3. The molecule has 3 aromatic rings. The molecule has 0 saturated carbocycles. The Labute approximate surface area is 140 Å². The van der Waals surface area contributed by atoms with Gasteiger partial charge in [0, 0.05) is 20.1 Å². The van der Waals surface area contributed by atoms with Crippen molar-refractivity contribution in [2.45, 2.75) is 17.9 Å². The average Bonchev–Trinajstić information content (AvgIpc) is 2.79. The SMILES string of the molecule is C[C@H](NS(=O)(=O)c1ccc2c(c1)n(C)c(=O)n2C)c1ccccc1. The fourth-order valence-electron chi connectivity index (χ4n) is 2.76. The van der Waals surface area contributed by atoms with E-state index in [0.29, 0.717) is 11.0 Å². The van der Waals surface area contributed by atoms with E-state index < -0.39 is 10.0 Å². The summed E-state index contributed by atoms with van der Waals surface area (Å²) >= 11 is 0.